The molecule has 7 nitrogen and oxygen atoms in total. The van der Waals surface area contributed by atoms with Gasteiger partial charge in [0.25, 0.3) is 5.91 Å². The highest BCUT2D eigenvalue weighted by atomic mass is 79.9. The molecular weight excluding hydrogens is 390 g/mol. The maximum atomic E-state index is 12.2. The number of aryl methyl sites for hydroxylation is 1. The zero-order valence-electron chi connectivity index (χ0n) is 13.7. The number of benzene rings is 1. The third kappa shape index (κ3) is 4.48. The maximum absolute atomic E-state index is 12.2. The summed E-state index contributed by atoms with van der Waals surface area (Å²) in [4.78, 5) is 16.3. The maximum Gasteiger partial charge on any atom is 0.287 e. The average molecular weight is 406 g/mol. The first-order valence-electron chi connectivity index (χ1n) is 7.59. The first kappa shape index (κ1) is 17.2. The molecular formula is C17H16BrN3O4. The molecule has 1 unspecified atom stereocenters. The highest BCUT2D eigenvalue weighted by Crippen LogP contribution is 2.20. The van der Waals surface area contributed by atoms with Crippen molar-refractivity contribution in [1.29, 1.82) is 0 Å². The van der Waals surface area contributed by atoms with E-state index in [9.17, 15) is 4.79 Å². The van der Waals surface area contributed by atoms with E-state index in [1.165, 1.54) is 0 Å². The van der Waals surface area contributed by atoms with Gasteiger partial charge in [-0.15, -0.1) is 0 Å². The number of rotatable bonds is 6. The van der Waals surface area contributed by atoms with Gasteiger partial charge in [0.15, 0.2) is 11.6 Å². The molecule has 0 aliphatic heterocycles. The quantitative estimate of drug-likeness (QED) is 0.670. The molecule has 8 heteroatoms. The van der Waals surface area contributed by atoms with Crippen LogP contribution in [0.15, 0.2) is 49.8 Å². The number of nitrogens with zero attached hydrogens (tertiary/aromatic N) is 2. The van der Waals surface area contributed by atoms with Gasteiger partial charge >= 0.3 is 0 Å². The number of aromatic nitrogens is 2. The molecule has 3 rings (SSSR count). The predicted molar refractivity (Wildman–Crippen MR) is 92.1 cm³/mol. The van der Waals surface area contributed by atoms with Crippen molar-refractivity contribution in [3.63, 3.8) is 0 Å². The summed E-state index contributed by atoms with van der Waals surface area (Å²) >= 11 is 3.38. The van der Waals surface area contributed by atoms with Crippen molar-refractivity contribution in [3.05, 3.63) is 64.1 Å². The molecule has 0 aliphatic rings. The van der Waals surface area contributed by atoms with Crippen molar-refractivity contribution in [1.82, 2.24) is 15.5 Å². The second kappa shape index (κ2) is 7.52. The molecule has 0 aliphatic carbocycles. The average Bonchev–Trinajstić information content (AvgIpc) is 3.22. The Hall–Kier alpha value is -2.61. The Labute approximate surface area is 152 Å². The zero-order chi connectivity index (χ0) is 17.8. The minimum absolute atomic E-state index is 0.191. The molecule has 1 amide bonds. The van der Waals surface area contributed by atoms with Crippen molar-refractivity contribution in [3.8, 4) is 5.75 Å². The topological polar surface area (TPSA) is 90.4 Å². The van der Waals surface area contributed by atoms with Gasteiger partial charge in [-0.1, -0.05) is 27.2 Å². The molecule has 25 heavy (non-hydrogen) atoms. The van der Waals surface area contributed by atoms with E-state index in [-0.39, 0.29) is 18.3 Å². The minimum Gasteiger partial charge on any atom is -0.486 e. The van der Waals surface area contributed by atoms with E-state index in [1.54, 1.807) is 26.0 Å². The van der Waals surface area contributed by atoms with Crippen molar-refractivity contribution in [2.24, 2.45) is 0 Å². The summed E-state index contributed by atoms with van der Waals surface area (Å²) in [7, 11) is 0. The van der Waals surface area contributed by atoms with Crippen LogP contribution in [0.25, 0.3) is 0 Å². The van der Waals surface area contributed by atoms with Gasteiger partial charge in [-0.2, -0.15) is 4.98 Å². The van der Waals surface area contributed by atoms with Crippen LogP contribution < -0.4 is 10.1 Å². The Morgan fingerprint density at radius 1 is 1.36 bits per heavy atom. The molecule has 0 saturated carbocycles. The van der Waals surface area contributed by atoms with Gasteiger partial charge in [0.1, 0.15) is 24.2 Å². The Morgan fingerprint density at radius 3 is 2.92 bits per heavy atom. The van der Waals surface area contributed by atoms with E-state index in [0.29, 0.717) is 23.2 Å². The predicted octanol–water partition coefficient (Wildman–Crippen LogP) is 3.80. The summed E-state index contributed by atoms with van der Waals surface area (Å²) in [6.07, 6.45) is 0. The van der Waals surface area contributed by atoms with Crippen LogP contribution >= 0.6 is 15.9 Å². The first-order chi connectivity index (χ1) is 12.0. The number of carbonyl (C=O) groups excluding carboxylic acids is 1. The molecule has 130 valence electrons. The van der Waals surface area contributed by atoms with Crippen LogP contribution in [-0.2, 0) is 6.61 Å². The fourth-order valence-corrected chi connectivity index (χ4v) is 2.49. The highest BCUT2D eigenvalue weighted by Gasteiger charge is 2.19. The minimum atomic E-state index is -0.417. The molecule has 1 atom stereocenters. The Kier molecular flexibility index (Phi) is 5.18. The van der Waals surface area contributed by atoms with E-state index < -0.39 is 6.04 Å². The Balaban J connectivity index is 1.57. The van der Waals surface area contributed by atoms with E-state index in [1.807, 2.05) is 24.3 Å². The first-order valence-corrected chi connectivity index (χ1v) is 8.38. The fraction of sp³-hybridized carbons (Fsp3) is 0.235. The van der Waals surface area contributed by atoms with Crippen LogP contribution in [0.1, 0.15) is 41.0 Å². The number of furan rings is 1. The van der Waals surface area contributed by atoms with Gasteiger partial charge in [0.05, 0.1) is 0 Å². The summed E-state index contributed by atoms with van der Waals surface area (Å²) in [6.45, 7) is 3.69. The summed E-state index contributed by atoms with van der Waals surface area (Å²) in [5, 5.41) is 6.44. The van der Waals surface area contributed by atoms with Gasteiger partial charge < -0.3 is 19.0 Å². The molecule has 2 heterocycles. The van der Waals surface area contributed by atoms with E-state index in [0.717, 1.165) is 4.47 Å². The van der Waals surface area contributed by atoms with Crippen LogP contribution in [0.4, 0.5) is 0 Å². The molecule has 2 aromatic heterocycles. The zero-order valence-corrected chi connectivity index (χ0v) is 15.2. The summed E-state index contributed by atoms with van der Waals surface area (Å²) < 4.78 is 17.1. The number of hydrogen-bond donors (Lipinski definition) is 1. The van der Waals surface area contributed by atoms with Gasteiger partial charge in [-0.05, 0) is 44.2 Å². The van der Waals surface area contributed by atoms with Gasteiger partial charge in [0, 0.05) is 4.47 Å². The monoisotopic (exact) mass is 405 g/mol. The lowest BCUT2D eigenvalue weighted by Gasteiger charge is -2.08. The van der Waals surface area contributed by atoms with Gasteiger partial charge in [-0.3, -0.25) is 4.79 Å². The van der Waals surface area contributed by atoms with Crippen molar-refractivity contribution in [2.75, 3.05) is 0 Å². The van der Waals surface area contributed by atoms with E-state index >= 15 is 0 Å². The second-order valence-electron chi connectivity index (χ2n) is 5.39. The number of ether oxygens (including phenoxy) is 1. The second-order valence-corrected chi connectivity index (χ2v) is 6.30. The highest BCUT2D eigenvalue weighted by molar-refractivity contribution is 9.10. The lowest BCUT2D eigenvalue weighted by molar-refractivity contribution is 0.0900. The van der Waals surface area contributed by atoms with Crippen LogP contribution in [-0.4, -0.2) is 16.0 Å². The van der Waals surface area contributed by atoms with Crippen LogP contribution in [0.2, 0.25) is 0 Å². The smallest absolute Gasteiger partial charge is 0.287 e. The summed E-state index contributed by atoms with van der Waals surface area (Å²) in [6, 6.07) is 10.4. The van der Waals surface area contributed by atoms with Crippen molar-refractivity contribution >= 4 is 21.8 Å². The van der Waals surface area contributed by atoms with E-state index in [4.69, 9.17) is 13.7 Å². The number of halogens is 1. The number of amides is 1. The summed E-state index contributed by atoms with van der Waals surface area (Å²) in [5.41, 5.74) is 0. The van der Waals surface area contributed by atoms with Crippen LogP contribution in [0, 0.1) is 6.92 Å². The van der Waals surface area contributed by atoms with Gasteiger partial charge in [-0.25, -0.2) is 0 Å². The molecule has 0 spiro atoms. The van der Waals surface area contributed by atoms with Crippen molar-refractivity contribution < 1.29 is 18.5 Å². The van der Waals surface area contributed by atoms with Crippen LogP contribution in [0.3, 0.4) is 0 Å². The Morgan fingerprint density at radius 2 is 2.20 bits per heavy atom. The third-order valence-electron chi connectivity index (χ3n) is 3.32. The van der Waals surface area contributed by atoms with Crippen LogP contribution in [0.5, 0.6) is 5.75 Å². The summed E-state index contributed by atoms with van der Waals surface area (Å²) in [5.74, 6) is 1.94. The molecule has 1 N–H and O–H groups in total. The van der Waals surface area contributed by atoms with Crippen molar-refractivity contribution in [2.45, 2.75) is 26.5 Å². The third-order valence-corrected chi connectivity index (χ3v) is 3.82. The number of nitrogens with one attached hydrogen (secondary N) is 1. The fourth-order valence-electron chi connectivity index (χ4n) is 2.11. The SMILES string of the molecule is Cc1noc(C(C)NC(=O)c2ccc(COc3cccc(Br)c3)o2)n1. The lowest BCUT2D eigenvalue weighted by Crippen LogP contribution is -2.26. The van der Waals surface area contributed by atoms with Gasteiger partial charge in [0.2, 0.25) is 5.89 Å². The largest absolute Gasteiger partial charge is 0.486 e. The van der Waals surface area contributed by atoms with E-state index in [2.05, 4.69) is 31.4 Å². The molecule has 0 bridgehead atoms. The number of carbonyl (C=O) groups is 1. The lowest BCUT2D eigenvalue weighted by atomic mass is 10.3. The normalized spacial score (nSPS) is 12.0. The molecule has 1 aromatic carbocycles. The molecule has 0 saturated heterocycles. The molecule has 0 radical (unpaired) electrons. The number of hydrogen-bond acceptors (Lipinski definition) is 6. The molecule has 0 fully saturated rings. The molecule has 3 aromatic rings. The standard InChI is InChI=1S/C17H16BrN3O4/c1-10(17-20-11(2)21-25-17)19-16(22)15-7-6-14(24-15)9-23-13-5-3-4-12(18)8-13/h3-8,10H,9H2,1-2H3,(H,19,22). The Bertz CT molecular complexity index is 874.